The lowest BCUT2D eigenvalue weighted by atomic mass is 9.85. The molecule has 2 N–H and O–H groups in total. The van der Waals surface area contributed by atoms with Crippen LogP contribution in [0.5, 0.6) is 5.75 Å². The molecule has 0 bridgehead atoms. The summed E-state index contributed by atoms with van der Waals surface area (Å²) in [5, 5.41) is 5.90. The second-order valence-electron chi connectivity index (χ2n) is 17.0. The van der Waals surface area contributed by atoms with E-state index >= 15 is 0 Å². The van der Waals surface area contributed by atoms with Crippen LogP contribution in [0.3, 0.4) is 0 Å². The van der Waals surface area contributed by atoms with Crippen molar-refractivity contribution in [2.75, 3.05) is 37.0 Å². The van der Waals surface area contributed by atoms with Gasteiger partial charge in [-0.3, -0.25) is 39.2 Å². The SMILES string of the molecule is C=C(CCCCCCOc1cccc2c1C(=O)N(C1CCC(=O)NC1=O)C2=O)N(C)CCC1(C)CCN(c2cncc(Nc3ncc(Cl)c(-c4cccc(-c5ccccc5)c4)n3)c2)C1=O.CC. The van der Waals surface area contributed by atoms with Crippen molar-refractivity contribution in [2.24, 2.45) is 5.41 Å². The van der Waals surface area contributed by atoms with Crippen LogP contribution in [0.1, 0.15) is 99.3 Å². The molecule has 67 heavy (non-hydrogen) atoms. The normalized spacial score (nSPS) is 17.7. The van der Waals surface area contributed by atoms with Crippen LogP contribution in [-0.2, 0) is 14.4 Å². The summed E-state index contributed by atoms with van der Waals surface area (Å²) in [4.78, 5) is 83.0. The predicted molar refractivity (Wildman–Crippen MR) is 260 cm³/mol. The van der Waals surface area contributed by atoms with Gasteiger partial charge in [0.05, 0.1) is 63.8 Å². The van der Waals surface area contributed by atoms with Crippen LogP contribution >= 0.6 is 11.6 Å². The number of pyridine rings is 1. The Bertz CT molecular complexity index is 2660. The molecule has 3 aliphatic rings. The predicted octanol–water partition coefficient (Wildman–Crippen LogP) is 9.64. The number of hydrogen-bond acceptors (Lipinski definition) is 11. The quantitative estimate of drug-likeness (QED) is 0.0635. The summed E-state index contributed by atoms with van der Waals surface area (Å²) in [6.45, 7) is 12.0. The molecule has 0 saturated carbocycles. The van der Waals surface area contributed by atoms with Gasteiger partial charge in [-0.05, 0) is 73.9 Å². The van der Waals surface area contributed by atoms with Crippen molar-refractivity contribution < 1.29 is 28.7 Å². The van der Waals surface area contributed by atoms with E-state index in [1.54, 1.807) is 41.7 Å². The number of allylic oxidation sites excluding steroid dienone is 1. The van der Waals surface area contributed by atoms with Crippen molar-refractivity contribution in [3.63, 3.8) is 0 Å². The number of anilines is 3. The minimum atomic E-state index is -1.03. The highest BCUT2D eigenvalue weighted by Crippen LogP contribution is 2.39. The van der Waals surface area contributed by atoms with Crippen molar-refractivity contribution in [1.29, 1.82) is 0 Å². The van der Waals surface area contributed by atoms with E-state index < -0.39 is 35.1 Å². The van der Waals surface area contributed by atoms with E-state index in [-0.39, 0.29) is 29.9 Å². The molecule has 5 heterocycles. The molecule has 2 aromatic heterocycles. The molecular weight excluding hydrogens is 868 g/mol. The third-order valence-electron chi connectivity index (χ3n) is 12.5. The first-order chi connectivity index (χ1) is 32.4. The van der Waals surface area contributed by atoms with Gasteiger partial charge in [0.2, 0.25) is 23.7 Å². The van der Waals surface area contributed by atoms with Gasteiger partial charge >= 0.3 is 0 Å². The topological polar surface area (TPSA) is 167 Å². The van der Waals surface area contributed by atoms with E-state index in [4.69, 9.17) is 21.3 Å². The minimum Gasteiger partial charge on any atom is -0.493 e. The Balaban J connectivity index is 0.00000329. The zero-order valence-corrected chi connectivity index (χ0v) is 39.3. The molecule has 2 fully saturated rings. The Hall–Kier alpha value is -6.93. The summed E-state index contributed by atoms with van der Waals surface area (Å²) in [7, 11) is 2.02. The van der Waals surface area contributed by atoms with E-state index in [1.165, 1.54) is 0 Å². The molecule has 2 atom stereocenters. The molecule has 5 amide bonds. The Labute approximate surface area is 396 Å². The summed E-state index contributed by atoms with van der Waals surface area (Å²) in [5.41, 5.74) is 5.77. The largest absolute Gasteiger partial charge is 0.493 e. The van der Waals surface area contributed by atoms with Crippen LogP contribution in [0.2, 0.25) is 5.02 Å². The maximum absolute atomic E-state index is 14.0. The molecule has 5 aromatic rings. The number of hydrogen-bond donors (Lipinski definition) is 2. The molecule has 348 valence electrons. The number of carbonyl (C=O) groups is 5. The lowest BCUT2D eigenvalue weighted by Gasteiger charge is -2.28. The molecule has 14 nitrogen and oxygen atoms in total. The summed E-state index contributed by atoms with van der Waals surface area (Å²) in [5.74, 6) is -1.48. The first kappa shape index (κ1) is 48.0. The average molecular weight is 926 g/mol. The number of ether oxygens (including phenoxy) is 1. The molecule has 2 unspecified atom stereocenters. The zero-order valence-electron chi connectivity index (χ0n) is 38.5. The number of rotatable bonds is 18. The van der Waals surface area contributed by atoms with E-state index in [9.17, 15) is 24.0 Å². The number of fused-ring (bicyclic) bond motifs is 1. The number of carbonyl (C=O) groups excluding carboxylic acids is 5. The van der Waals surface area contributed by atoms with Gasteiger partial charge in [0, 0.05) is 37.8 Å². The van der Waals surface area contributed by atoms with E-state index in [0.717, 1.165) is 59.4 Å². The number of nitrogens with zero attached hydrogens (tertiary/aromatic N) is 6. The summed E-state index contributed by atoms with van der Waals surface area (Å²) >= 11 is 6.60. The highest BCUT2D eigenvalue weighted by Gasteiger charge is 2.46. The first-order valence-corrected chi connectivity index (χ1v) is 23.4. The van der Waals surface area contributed by atoms with Crippen molar-refractivity contribution in [2.45, 2.75) is 84.6 Å². The second-order valence-corrected chi connectivity index (χ2v) is 17.4. The number of piperidine rings is 1. The van der Waals surface area contributed by atoms with Crippen LogP contribution in [0.15, 0.2) is 110 Å². The Morgan fingerprint density at radius 1 is 0.910 bits per heavy atom. The van der Waals surface area contributed by atoms with Gasteiger partial charge in [0.1, 0.15) is 11.8 Å². The highest BCUT2D eigenvalue weighted by atomic mass is 35.5. The van der Waals surface area contributed by atoms with Crippen LogP contribution in [0.4, 0.5) is 17.3 Å². The highest BCUT2D eigenvalue weighted by molar-refractivity contribution is 6.33. The standard InChI is InChI=1S/C50H51ClN8O6.C2H6/c1-32(13-7-4-5-10-26-65-41-19-12-18-38-43(41)47(63)59(46(38)62)40-20-21-42(60)55-45(40)61)57(3)24-22-50(2)23-25-58(48(50)64)37-28-36(29-52-30-37)54-49-53-31-39(51)44(56-49)35-17-11-16-34(27-35)33-14-8-6-9-15-33;1-2/h6,8-9,11-12,14-19,27-31,40H,1,4-5,7,10,13,20-26H2,2-3H3,(H,53,54,56)(H,55,60,61);1-2H3. The molecule has 0 aliphatic carbocycles. The Kier molecular flexibility index (Phi) is 15.5. The van der Waals surface area contributed by atoms with Crippen LogP contribution < -0.4 is 20.3 Å². The second kappa shape index (κ2) is 21.6. The monoisotopic (exact) mass is 924 g/mol. The minimum absolute atomic E-state index is 0.0588. The molecule has 0 spiro atoms. The zero-order chi connectivity index (χ0) is 47.7. The molecule has 8 rings (SSSR count). The maximum Gasteiger partial charge on any atom is 0.266 e. The summed E-state index contributed by atoms with van der Waals surface area (Å²) in [6, 6.07) is 23.9. The fourth-order valence-electron chi connectivity index (χ4n) is 8.58. The molecular formula is C52H57ClN8O6. The third-order valence-corrected chi connectivity index (χ3v) is 12.8. The Morgan fingerprint density at radius 3 is 2.45 bits per heavy atom. The van der Waals surface area contributed by atoms with Crippen LogP contribution in [-0.4, -0.2) is 87.1 Å². The number of imide groups is 2. The number of aromatic nitrogens is 3. The Morgan fingerprint density at radius 2 is 1.66 bits per heavy atom. The van der Waals surface area contributed by atoms with Crippen LogP contribution in [0.25, 0.3) is 22.4 Å². The van der Waals surface area contributed by atoms with Gasteiger partial charge in [0.25, 0.3) is 11.8 Å². The van der Waals surface area contributed by atoms with Gasteiger partial charge in [-0.2, -0.15) is 0 Å². The van der Waals surface area contributed by atoms with Crippen molar-refractivity contribution in [1.82, 2.24) is 30.1 Å². The smallest absolute Gasteiger partial charge is 0.266 e. The van der Waals surface area contributed by atoms with Crippen molar-refractivity contribution in [3.8, 4) is 28.1 Å². The van der Waals surface area contributed by atoms with Crippen LogP contribution in [0, 0.1) is 5.41 Å². The number of halogens is 1. The third kappa shape index (κ3) is 10.9. The summed E-state index contributed by atoms with van der Waals surface area (Å²) < 4.78 is 5.99. The molecule has 0 radical (unpaired) electrons. The molecule has 15 heteroatoms. The van der Waals surface area contributed by atoms with E-state index in [1.807, 2.05) is 64.2 Å². The molecule has 3 aromatic carbocycles. The van der Waals surface area contributed by atoms with Crippen molar-refractivity contribution >= 4 is 58.5 Å². The fourth-order valence-corrected chi connectivity index (χ4v) is 8.79. The molecule has 2 saturated heterocycles. The lowest BCUT2D eigenvalue weighted by Crippen LogP contribution is -2.54. The number of unbranched alkanes of at least 4 members (excludes halogenated alkanes) is 3. The number of amides is 5. The van der Waals surface area contributed by atoms with Gasteiger partial charge in [-0.15, -0.1) is 0 Å². The van der Waals surface area contributed by atoms with Gasteiger partial charge in [-0.1, -0.05) is 106 Å². The van der Waals surface area contributed by atoms with Crippen molar-refractivity contribution in [3.05, 3.63) is 126 Å². The average Bonchev–Trinajstić information content (AvgIpc) is 3.79. The lowest BCUT2D eigenvalue weighted by molar-refractivity contribution is -0.136. The first-order valence-electron chi connectivity index (χ1n) is 23.0. The number of nitrogens with one attached hydrogen (secondary N) is 2. The van der Waals surface area contributed by atoms with Gasteiger partial charge in [0.15, 0.2) is 0 Å². The number of benzene rings is 3. The molecule has 3 aliphatic heterocycles. The van der Waals surface area contributed by atoms with E-state index in [0.29, 0.717) is 66.3 Å². The van der Waals surface area contributed by atoms with E-state index in [2.05, 4.69) is 56.3 Å². The fraction of sp³-hybridized carbons (Fsp3) is 0.346. The maximum atomic E-state index is 14.0. The van der Waals surface area contributed by atoms with Gasteiger partial charge in [-0.25, -0.2) is 9.97 Å². The summed E-state index contributed by atoms with van der Waals surface area (Å²) in [6.07, 6.45) is 10.8. The van der Waals surface area contributed by atoms with Gasteiger partial charge < -0.3 is 19.9 Å².